The number of allylic oxidation sites excluding steroid dienone is 1. The topological polar surface area (TPSA) is 120 Å². The van der Waals surface area contributed by atoms with Crippen LogP contribution in [0, 0.1) is 10.1 Å². The molecule has 2 heterocycles. The summed E-state index contributed by atoms with van der Waals surface area (Å²) in [4.78, 5) is 35.0. The number of amides is 2. The smallest absolute Gasteiger partial charge is 0.338 e. The van der Waals surface area contributed by atoms with Gasteiger partial charge in [-0.25, -0.2) is 9.59 Å². The zero-order valence-electron chi connectivity index (χ0n) is 14.2. The molecule has 2 aliphatic heterocycles. The first kappa shape index (κ1) is 17.9. The van der Waals surface area contributed by atoms with Crippen LogP contribution in [-0.2, 0) is 14.3 Å². The highest BCUT2D eigenvalue weighted by Crippen LogP contribution is 2.29. The molecule has 1 saturated heterocycles. The minimum absolute atomic E-state index is 0.123. The van der Waals surface area contributed by atoms with Gasteiger partial charge in [0.15, 0.2) is 0 Å². The maximum Gasteiger partial charge on any atom is 0.338 e. The molecule has 0 radical (unpaired) electrons. The van der Waals surface area contributed by atoms with E-state index in [1.165, 1.54) is 18.2 Å². The van der Waals surface area contributed by atoms with E-state index < -0.39 is 23.0 Å². The maximum absolute atomic E-state index is 12.6. The molecular formula is C17H19N3O6. The van der Waals surface area contributed by atoms with Crippen LogP contribution < -0.4 is 10.6 Å². The Hall–Kier alpha value is -2.94. The average molecular weight is 361 g/mol. The first-order chi connectivity index (χ1) is 12.5. The molecule has 0 unspecified atom stereocenters. The molecule has 2 N–H and O–H groups in total. The second-order valence-electron chi connectivity index (χ2n) is 6.16. The highest BCUT2D eigenvalue weighted by molar-refractivity contribution is 5.95. The lowest BCUT2D eigenvalue weighted by molar-refractivity contribution is -0.384. The molecule has 0 bridgehead atoms. The molecule has 1 fully saturated rings. The van der Waals surface area contributed by atoms with Crippen LogP contribution in [0.5, 0.6) is 0 Å². The normalized spacial score (nSPS) is 22.6. The number of nitrogens with zero attached hydrogens (tertiary/aromatic N) is 1. The number of urea groups is 1. The minimum Gasteiger partial charge on any atom is -0.459 e. The van der Waals surface area contributed by atoms with Gasteiger partial charge in [-0.05, 0) is 25.3 Å². The molecule has 1 aromatic rings. The molecule has 9 heteroatoms. The van der Waals surface area contributed by atoms with Crippen LogP contribution in [0.15, 0.2) is 35.5 Å². The molecular weight excluding hydrogens is 342 g/mol. The van der Waals surface area contributed by atoms with Gasteiger partial charge < -0.3 is 20.1 Å². The summed E-state index contributed by atoms with van der Waals surface area (Å²) in [5.41, 5.74) is 0.864. The van der Waals surface area contributed by atoms with Crippen LogP contribution in [0.3, 0.4) is 0 Å². The van der Waals surface area contributed by atoms with Crippen molar-refractivity contribution in [1.82, 2.24) is 10.6 Å². The Balaban J connectivity index is 1.85. The SMILES string of the molecule is CC1=C(C(=O)OC[C@H]2CCCO2)[C@H](c2cccc([N+](=O)[O-])c2)NC(=O)N1. The molecule has 26 heavy (non-hydrogen) atoms. The van der Waals surface area contributed by atoms with Crippen molar-refractivity contribution in [2.24, 2.45) is 0 Å². The van der Waals surface area contributed by atoms with Gasteiger partial charge in [0.25, 0.3) is 5.69 Å². The lowest BCUT2D eigenvalue weighted by atomic mass is 9.95. The monoisotopic (exact) mass is 361 g/mol. The number of nitro benzene ring substituents is 1. The third-order valence-electron chi connectivity index (χ3n) is 4.33. The van der Waals surface area contributed by atoms with Crippen LogP contribution in [0.4, 0.5) is 10.5 Å². The Morgan fingerprint density at radius 2 is 2.27 bits per heavy atom. The van der Waals surface area contributed by atoms with E-state index in [1.807, 2.05) is 0 Å². The average Bonchev–Trinajstić information content (AvgIpc) is 3.12. The fraction of sp³-hybridized carbons (Fsp3) is 0.412. The number of carbonyl (C=O) groups is 2. The molecule has 0 aliphatic carbocycles. The lowest BCUT2D eigenvalue weighted by Crippen LogP contribution is -2.45. The van der Waals surface area contributed by atoms with Crippen LogP contribution in [0.1, 0.15) is 31.4 Å². The predicted molar refractivity (Wildman–Crippen MR) is 90.1 cm³/mol. The molecule has 0 spiro atoms. The van der Waals surface area contributed by atoms with Crippen LogP contribution in [-0.4, -0.2) is 36.2 Å². The van der Waals surface area contributed by atoms with Crippen molar-refractivity contribution in [1.29, 1.82) is 0 Å². The molecule has 9 nitrogen and oxygen atoms in total. The number of nitro groups is 1. The molecule has 138 valence electrons. The number of nitrogens with one attached hydrogen (secondary N) is 2. The highest BCUT2D eigenvalue weighted by atomic mass is 16.6. The van der Waals surface area contributed by atoms with Gasteiger partial charge in [0, 0.05) is 24.4 Å². The second-order valence-corrected chi connectivity index (χ2v) is 6.16. The van der Waals surface area contributed by atoms with Gasteiger partial charge in [0.2, 0.25) is 0 Å². The van der Waals surface area contributed by atoms with E-state index in [0.717, 1.165) is 12.8 Å². The fourth-order valence-electron chi connectivity index (χ4n) is 3.05. The van der Waals surface area contributed by atoms with E-state index in [-0.39, 0.29) is 24.0 Å². The Morgan fingerprint density at radius 3 is 2.96 bits per heavy atom. The zero-order chi connectivity index (χ0) is 18.7. The summed E-state index contributed by atoms with van der Waals surface area (Å²) in [6.07, 6.45) is 1.63. The van der Waals surface area contributed by atoms with Crippen molar-refractivity contribution in [2.45, 2.75) is 31.9 Å². The van der Waals surface area contributed by atoms with Gasteiger partial charge in [0.1, 0.15) is 6.61 Å². The summed E-state index contributed by atoms with van der Waals surface area (Å²) in [6, 6.07) is 4.47. The Labute approximate surface area is 149 Å². The van der Waals surface area contributed by atoms with Crippen molar-refractivity contribution >= 4 is 17.7 Å². The van der Waals surface area contributed by atoms with Crippen LogP contribution in [0.25, 0.3) is 0 Å². The van der Waals surface area contributed by atoms with Gasteiger partial charge in [-0.15, -0.1) is 0 Å². The number of carbonyl (C=O) groups excluding carboxylic acids is 2. The molecule has 2 atom stereocenters. The van der Waals surface area contributed by atoms with E-state index in [1.54, 1.807) is 13.0 Å². The van der Waals surface area contributed by atoms with Crippen molar-refractivity contribution < 1.29 is 24.0 Å². The number of ether oxygens (including phenoxy) is 2. The molecule has 2 amide bonds. The first-order valence-corrected chi connectivity index (χ1v) is 8.27. The zero-order valence-corrected chi connectivity index (χ0v) is 14.2. The minimum atomic E-state index is -0.833. The number of non-ortho nitro benzene ring substituents is 1. The van der Waals surface area contributed by atoms with Crippen molar-refractivity contribution in [2.75, 3.05) is 13.2 Å². The predicted octanol–water partition coefficient (Wildman–Crippen LogP) is 1.94. The Kier molecular flexibility index (Phi) is 5.17. The Bertz CT molecular complexity index is 770. The van der Waals surface area contributed by atoms with Crippen molar-refractivity contribution in [3.63, 3.8) is 0 Å². The molecule has 1 aromatic carbocycles. The van der Waals surface area contributed by atoms with E-state index in [0.29, 0.717) is 17.9 Å². The van der Waals surface area contributed by atoms with Gasteiger partial charge in [0.05, 0.1) is 22.6 Å². The molecule has 2 aliphatic rings. The van der Waals surface area contributed by atoms with E-state index >= 15 is 0 Å². The fourth-order valence-corrected chi connectivity index (χ4v) is 3.05. The summed E-state index contributed by atoms with van der Waals surface area (Å²) in [6.45, 7) is 2.37. The van der Waals surface area contributed by atoms with Crippen molar-refractivity contribution in [3.8, 4) is 0 Å². The van der Waals surface area contributed by atoms with E-state index in [4.69, 9.17) is 9.47 Å². The number of hydrogen-bond donors (Lipinski definition) is 2. The molecule has 0 saturated carbocycles. The van der Waals surface area contributed by atoms with Crippen LogP contribution in [0.2, 0.25) is 0 Å². The number of rotatable bonds is 5. The number of benzene rings is 1. The van der Waals surface area contributed by atoms with E-state index in [2.05, 4.69) is 10.6 Å². The summed E-state index contributed by atoms with van der Waals surface area (Å²) in [5.74, 6) is -0.595. The maximum atomic E-state index is 12.6. The van der Waals surface area contributed by atoms with Gasteiger partial charge in [-0.1, -0.05) is 12.1 Å². The first-order valence-electron chi connectivity index (χ1n) is 8.27. The third-order valence-corrected chi connectivity index (χ3v) is 4.33. The highest BCUT2D eigenvalue weighted by Gasteiger charge is 2.33. The summed E-state index contributed by atoms with van der Waals surface area (Å²) in [7, 11) is 0. The largest absolute Gasteiger partial charge is 0.459 e. The third kappa shape index (κ3) is 3.83. The van der Waals surface area contributed by atoms with Crippen LogP contribution >= 0.6 is 0 Å². The summed E-state index contributed by atoms with van der Waals surface area (Å²) < 4.78 is 10.8. The summed E-state index contributed by atoms with van der Waals surface area (Å²) in [5, 5.41) is 16.2. The van der Waals surface area contributed by atoms with Gasteiger partial charge in [-0.3, -0.25) is 10.1 Å². The quantitative estimate of drug-likeness (QED) is 0.470. The Morgan fingerprint density at radius 1 is 1.46 bits per heavy atom. The lowest BCUT2D eigenvalue weighted by Gasteiger charge is -2.28. The van der Waals surface area contributed by atoms with Gasteiger partial charge in [-0.2, -0.15) is 0 Å². The molecule has 0 aromatic heterocycles. The number of esters is 1. The van der Waals surface area contributed by atoms with Gasteiger partial charge >= 0.3 is 12.0 Å². The van der Waals surface area contributed by atoms with E-state index in [9.17, 15) is 19.7 Å². The number of hydrogen-bond acceptors (Lipinski definition) is 6. The second kappa shape index (κ2) is 7.52. The van der Waals surface area contributed by atoms with Crippen molar-refractivity contribution in [3.05, 3.63) is 51.2 Å². The summed E-state index contributed by atoms with van der Waals surface area (Å²) >= 11 is 0. The standard InChI is InChI=1S/C17H19N3O6/c1-10-14(16(21)26-9-13-6-3-7-25-13)15(19-17(22)18-10)11-4-2-5-12(8-11)20(23)24/h2,4-5,8,13,15H,3,6-7,9H2,1H3,(H2,18,19,22)/t13-,15+/m1/s1. The molecule has 3 rings (SSSR count).